The van der Waals surface area contributed by atoms with E-state index in [0.29, 0.717) is 10.6 Å². The van der Waals surface area contributed by atoms with Crippen molar-refractivity contribution in [1.82, 2.24) is 14.5 Å². The van der Waals surface area contributed by atoms with E-state index in [1.807, 2.05) is 0 Å². The van der Waals surface area contributed by atoms with Gasteiger partial charge in [0, 0.05) is 19.7 Å². The molecule has 2 aromatic carbocycles. The lowest BCUT2D eigenvalue weighted by atomic mass is 10.2. The number of hydrogen-bond donors (Lipinski definition) is 1. The molecule has 0 aliphatic carbocycles. The van der Waals surface area contributed by atoms with Crippen LogP contribution in [0.5, 0.6) is 0 Å². The lowest BCUT2D eigenvalue weighted by Gasteiger charge is -2.11. The number of amides is 1. The van der Waals surface area contributed by atoms with Crippen molar-refractivity contribution in [2.45, 2.75) is 4.90 Å². The minimum atomic E-state index is -3.56. The fourth-order valence-electron chi connectivity index (χ4n) is 2.18. The summed E-state index contributed by atoms with van der Waals surface area (Å²) in [5, 5.41) is 10.5. The summed E-state index contributed by atoms with van der Waals surface area (Å²) < 4.78 is 30.6. The molecule has 0 atom stereocenters. The Bertz CT molecular complexity index is 1080. The highest BCUT2D eigenvalue weighted by atomic mass is 35.5. The number of benzene rings is 2. The number of nitrogens with zero attached hydrogens (tertiary/aromatic N) is 3. The molecule has 0 radical (unpaired) electrons. The Hall–Kier alpha value is -2.75. The number of sulfonamides is 1. The zero-order chi connectivity index (χ0) is 19.6. The first-order valence-corrected chi connectivity index (χ1v) is 9.53. The SMILES string of the molecule is CN(C)S(=O)(=O)c1ccc(C(=O)Nc2nnc(-c3ccccc3Cl)o2)cc1. The largest absolute Gasteiger partial charge is 0.403 e. The molecular weight excluding hydrogens is 392 g/mol. The van der Waals surface area contributed by atoms with Gasteiger partial charge in [-0.25, -0.2) is 12.7 Å². The summed E-state index contributed by atoms with van der Waals surface area (Å²) in [5.74, 6) is -0.346. The molecule has 0 spiro atoms. The lowest BCUT2D eigenvalue weighted by Crippen LogP contribution is -2.22. The monoisotopic (exact) mass is 406 g/mol. The second kappa shape index (κ2) is 7.47. The minimum Gasteiger partial charge on any atom is -0.403 e. The van der Waals surface area contributed by atoms with Gasteiger partial charge in [-0.2, -0.15) is 0 Å². The van der Waals surface area contributed by atoms with Gasteiger partial charge in [0.25, 0.3) is 11.8 Å². The molecule has 8 nitrogen and oxygen atoms in total. The van der Waals surface area contributed by atoms with Gasteiger partial charge in [0.2, 0.25) is 10.0 Å². The highest BCUT2D eigenvalue weighted by Crippen LogP contribution is 2.27. The maximum Gasteiger partial charge on any atom is 0.322 e. The predicted octanol–water partition coefficient (Wildman–Crippen LogP) is 2.89. The van der Waals surface area contributed by atoms with E-state index >= 15 is 0 Å². The van der Waals surface area contributed by atoms with Crippen molar-refractivity contribution in [3.05, 3.63) is 59.1 Å². The number of rotatable bonds is 5. The number of nitrogens with one attached hydrogen (secondary N) is 1. The van der Waals surface area contributed by atoms with Crippen molar-refractivity contribution < 1.29 is 17.6 Å². The fourth-order valence-corrected chi connectivity index (χ4v) is 3.29. The molecule has 10 heteroatoms. The van der Waals surface area contributed by atoms with Crippen LogP contribution in [0, 0.1) is 0 Å². The van der Waals surface area contributed by atoms with Crippen LogP contribution in [0.2, 0.25) is 5.02 Å². The Morgan fingerprint density at radius 2 is 1.74 bits per heavy atom. The maximum atomic E-state index is 12.3. The Balaban J connectivity index is 1.76. The number of hydrogen-bond acceptors (Lipinski definition) is 6. The molecule has 0 aliphatic heterocycles. The van der Waals surface area contributed by atoms with E-state index in [1.54, 1.807) is 24.3 Å². The number of aromatic nitrogens is 2. The Morgan fingerprint density at radius 3 is 2.37 bits per heavy atom. The van der Waals surface area contributed by atoms with Crippen molar-refractivity contribution >= 4 is 33.5 Å². The Morgan fingerprint density at radius 1 is 1.07 bits per heavy atom. The molecule has 1 aromatic heterocycles. The third-order valence-corrected chi connectivity index (χ3v) is 5.80. The Labute approximate surface area is 160 Å². The first-order chi connectivity index (χ1) is 12.8. The highest BCUT2D eigenvalue weighted by Gasteiger charge is 2.18. The maximum absolute atomic E-state index is 12.3. The summed E-state index contributed by atoms with van der Waals surface area (Å²) >= 11 is 6.08. The van der Waals surface area contributed by atoms with Gasteiger partial charge >= 0.3 is 6.01 Å². The molecule has 140 valence electrons. The van der Waals surface area contributed by atoms with Crippen LogP contribution < -0.4 is 5.32 Å². The molecule has 0 bridgehead atoms. The van der Waals surface area contributed by atoms with Crippen LogP contribution in [-0.2, 0) is 10.0 Å². The standard InChI is InChI=1S/C17H15ClN4O4S/c1-22(2)27(24,25)12-9-7-11(8-10-12)15(23)19-17-21-20-16(26-17)13-5-3-4-6-14(13)18/h3-10H,1-2H3,(H,19,21,23). The summed E-state index contributed by atoms with van der Waals surface area (Å²) in [4.78, 5) is 12.4. The zero-order valence-electron chi connectivity index (χ0n) is 14.4. The van der Waals surface area contributed by atoms with E-state index in [1.165, 1.54) is 38.4 Å². The average Bonchev–Trinajstić information content (AvgIpc) is 3.10. The molecule has 1 heterocycles. The topological polar surface area (TPSA) is 105 Å². The predicted molar refractivity (Wildman–Crippen MR) is 100 cm³/mol. The van der Waals surface area contributed by atoms with Crippen LogP contribution in [0.4, 0.5) is 6.01 Å². The van der Waals surface area contributed by atoms with E-state index in [2.05, 4.69) is 15.5 Å². The third-order valence-electron chi connectivity index (χ3n) is 3.64. The smallest absolute Gasteiger partial charge is 0.322 e. The van der Waals surface area contributed by atoms with E-state index in [4.69, 9.17) is 16.0 Å². The second-order valence-corrected chi connectivity index (χ2v) is 8.22. The van der Waals surface area contributed by atoms with Gasteiger partial charge in [-0.05, 0) is 36.4 Å². The number of carbonyl (C=O) groups excluding carboxylic acids is 1. The van der Waals surface area contributed by atoms with Crippen molar-refractivity contribution in [1.29, 1.82) is 0 Å². The summed E-state index contributed by atoms with van der Waals surface area (Å²) in [6.07, 6.45) is 0. The quantitative estimate of drug-likeness (QED) is 0.698. The van der Waals surface area contributed by atoms with Gasteiger partial charge in [-0.1, -0.05) is 28.8 Å². The second-order valence-electron chi connectivity index (χ2n) is 5.66. The minimum absolute atomic E-state index is 0.0860. The van der Waals surface area contributed by atoms with Crippen LogP contribution in [0.3, 0.4) is 0 Å². The van der Waals surface area contributed by atoms with E-state index in [-0.39, 0.29) is 22.4 Å². The van der Waals surface area contributed by atoms with Gasteiger partial charge in [0.05, 0.1) is 15.5 Å². The van der Waals surface area contributed by atoms with Gasteiger partial charge in [-0.3, -0.25) is 10.1 Å². The third kappa shape index (κ3) is 4.00. The molecule has 1 amide bonds. The van der Waals surface area contributed by atoms with Gasteiger partial charge in [-0.15, -0.1) is 5.10 Å². The molecule has 3 aromatic rings. The summed E-state index contributed by atoms with van der Waals surface area (Å²) in [7, 11) is -0.696. The van der Waals surface area contributed by atoms with Crippen molar-refractivity contribution in [3.8, 4) is 11.5 Å². The van der Waals surface area contributed by atoms with Gasteiger partial charge in [0.1, 0.15) is 0 Å². The number of anilines is 1. The van der Waals surface area contributed by atoms with Crippen LogP contribution in [0.1, 0.15) is 10.4 Å². The normalized spacial score (nSPS) is 11.6. The molecular formula is C17H15ClN4O4S. The molecule has 0 saturated carbocycles. The van der Waals surface area contributed by atoms with Gasteiger partial charge in [0.15, 0.2) is 0 Å². The van der Waals surface area contributed by atoms with E-state index in [9.17, 15) is 13.2 Å². The van der Waals surface area contributed by atoms with Crippen LogP contribution >= 0.6 is 11.6 Å². The first-order valence-electron chi connectivity index (χ1n) is 7.71. The molecule has 0 unspecified atom stereocenters. The van der Waals surface area contributed by atoms with E-state index in [0.717, 1.165) is 4.31 Å². The molecule has 0 saturated heterocycles. The van der Waals surface area contributed by atoms with Gasteiger partial charge < -0.3 is 4.42 Å². The Kier molecular flexibility index (Phi) is 5.26. The molecule has 0 aliphatic rings. The zero-order valence-corrected chi connectivity index (χ0v) is 16.0. The van der Waals surface area contributed by atoms with Crippen LogP contribution in [0.15, 0.2) is 57.8 Å². The fraction of sp³-hybridized carbons (Fsp3) is 0.118. The number of halogens is 1. The van der Waals surface area contributed by atoms with Crippen molar-refractivity contribution in [3.63, 3.8) is 0 Å². The van der Waals surface area contributed by atoms with Crippen LogP contribution in [-0.4, -0.2) is 42.9 Å². The first kappa shape index (κ1) is 19.0. The molecule has 27 heavy (non-hydrogen) atoms. The van der Waals surface area contributed by atoms with Crippen molar-refractivity contribution in [2.75, 3.05) is 19.4 Å². The molecule has 0 fully saturated rings. The summed E-state index contributed by atoms with van der Waals surface area (Å²) in [5.41, 5.74) is 0.788. The van der Waals surface area contributed by atoms with Crippen molar-refractivity contribution in [2.24, 2.45) is 0 Å². The lowest BCUT2D eigenvalue weighted by molar-refractivity contribution is 0.102. The van der Waals surface area contributed by atoms with Crippen LogP contribution in [0.25, 0.3) is 11.5 Å². The highest BCUT2D eigenvalue weighted by molar-refractivity contribution is 7.89. The van der Waals surface area contributed by atoms with E-state index < -0.39 is 15.9 Å². The summed E-state index contributed by atoms with van der Waals surface area (Å²) in [6.45, 7) is 0. The molecule has 1 N–H and O–H groups in total. The molecule has 3 rings (SSSR count). The summed E-state index contributed by atoms with van der Waals surface area (Å²) in [6, 6.07) is 12.3. The average molecular weight is 407 g/mol. The number of carbonyl (C=O) groups is 1.